The van der Waals surface area contributed by atoms with Gasteiger partial charge in [0.1, 0.15) is 11.9 Å². The van der Waals surface area contributed by atoms with Crippen LogP contribution in [0.15, 0.2) is 12.7 Å². The van der Waals surface area contributed by atoms with Crippen molar-refractivity contribution in [3.63, 3.8) is 0 Å². The molecule has 3 aliphatic rings. The summed E-state index contributed by atoms with van der Waals surface area (Å²) in [5.74, 6) is 0.106. The van der Waals surface area contributed by atoms with Crippen molar-refractivity contribution in [1.82, 2.24) is 0 Å². The van der Waals surface area contributed by atoms with Gasteiger partial charge in [-0.3, -0.25) is 9.59 Å². The van der Waals surface area contributed by atoms with Crippen molar-refractivity contribution in [1.29, 1.82) is 0 Å². The third kappa shape index (κ3) is 2.44. The van der Waals surface area contributed by atoms with Gasteiger partial charge in [-0.05, 0) is 42.9 Å². The van der Waals surface area contributed by atoms with Crippen LogP contribution >= 0.6 is 0 Å². The van der Waals surface area contributed by atoms with E-state index in [0.717, 1.165) is 19.3 Å². The Hall–Kier alpha value is -1.16. The first kappa shape index (κ1) is 19.6. The number of rotatable bonds is 2. The van der Waals surface area contributed by atoms with Crippen molar-refractivity contribution in [2.75, 3.05) is 0 Å². The molecule has 0 heterocycles. The molecule has 0 aromatic carbocycles. The first-order chi connectivity index (χ1) is 12.0. The number of aliphatic hydroxyl groups excluding tert-OH is 1. The van der Waals surface area contributed by atoms with Crippen LogP contribution in [0.4, 0.5) is 0 Å². The van der Waals surface area contributed by atoms with Crippen molar-refractivity contribution in [2.45, 2.75) is 78.9 Å². The minimum Gasteiger partial charge on any atom is -0.462 e. The van der Waals surface area contributed by atoms with Crippen LogP contribution in [0.1, 0.15) is 66.7 Å². The molecule has 2 bridgehead atoms. The topological polar surface area (TPSA) is 63.6 Å². The molecule has 8 atom stereocenters. The molecular weight excluding hydrogens is 328 g/mol. The van der Waals surface area contributed by atoms with Gasteiger partial charge in [0.2, 0.25) is 0 Å². The van der Waals surface area contributed by atoms with Gasteiger partial charge >= 0.3 is 5.97 Å². The van der Waals surface area contributed by atoms with Gasteiger partial charge in [0, 0.05) is 30.1 Å². The first-order valence-corrected chi connectivity index (χ1v) is 10.0. The first-order valence-electron chi connectivity index (χ1n) is 10.0. The zero-order valence-corrected chi connectivity index (χ0v) is 16.9. The molecule has 0 aliphatic heterocycles. The van der Waals surface area contributed by atoms with E-state index in [9.17, 15) is 14.7 Å². The van der Waals surface area contributed by atoms with Crippen LogP contribution in [0, 0.1) is 34.0 Å². The number of ketones is 1. The van der Waals surface area contributed by atoms with Crippen LogP contribution in [0.5, 0.6) is 0 Å². The van der Waals surface area contributed by atoms with Gasteiger partial charge in [0.15, 0.2) is 0 Å². The Morgan fingerprint density at radius 3 is 2.54 bits per heavy atom. The Morgan fingerprint density at radius 2 is 1.96 bits per heavy atom. The summed E-state index contributed by atoms with van der Waals surface area (Å²) in [7, 11) is 0. The summed E-state index contributed by atoms with van der Waals surface area (Å²) < 4.78 is 5.87. The fourth-order valence-electron chi connectivity index (χ4n) is 6.70. The predicted molar refractivity (Wildman–Crippen MR) is 100 cm³/mol. The van der Waals surface area contributed by atoms with Gasteiger partial charge < -0.3 is 9.84 Å². The van der Waals surface area contributed by atoms with Crippen LogP contribution < -0.4 is 0 Å². The standard InChI is InChI=1S/C22H34O4/c1-7-20(5)12-17(26-15(4)23)21(6)13(2)8-10-22(14(3)19(20)25)11-9-16(24)18(21)22/h7,13-14,17-19,25H,1,8-12H2,2-6H3/t13-,14+,17-,18?,19+,20-,21+,22?/m1/s1. The highest BCUT2D eigenvalue weighted by Gasteiger charge is 2.68. The lowest BCUT2D eigenvalue weighted by molar-refractivity contribution is -0.205. The van der Waals surface area contributed by atoms with E-state index >= 15 is 0 Å². The fraction of sp³-hybridized carbons (Fsp3) is 0.818. The quantitative estimate of drug-likeness (QED) is 0.597. The third-order valence-corrected chi connectivity index (χ3v) is 8.61. The number of Topliss-reactive ketones (excluding diaryl/α,β-unsaturated/α-hetero) is 1. The van der Waals surface area contributed by atoms with Crippen molar-refractivity contribution < 1.29 is 19.4 Å². The number of hydrogen-bond donors (Lipinski definition) is 1. The molecule has 0 radical (unpaired) electrons. The van der Waals surface area contributed by atoms with E-state index in [0.29, 0.717) is 12.8 Å². The second-order valence-electron chi connectivity index (χ2n) is 9.68. The van der Waals surface area contributed by atoms with E-state index in [1.807, 2.05) is 13.0 Å². The Balaban J connectivity index is 2.23. The second-order valence-corrected chi connectivity index (χ2v) is 9.68. The minimum absolute atomic E-state index is 0.00653. The van der Waals surface area contributed by atoms with Crippen molar-refractivity contribution in [3.05, 3.63) is 12.7 Å². The third-order valence-electron chi connectivity index (χ3n) is 8.61. The number of ether oxygens (including phenoxy) is 1. The summed E-state index contributed by atoms with van der Waals surface area (Å²) in [6.45, 7) is 13.9. The van der Waals surface area contributed by atoms with E-state index in [4.69, 9.17) is 4.74 Å². The summed E-state index contributed by atoms with van der Waals surface area (Å²) in [6.07, 6.45) is 4.68. The Kier molecular flexibility index (Phi) is 4.66. The molecule has 3 saturated carbocycles. The fourth-order valence-corrected chi connectivity index (χ4v) is 6.70. The molecule has 3 aliphatic carbocycles. The molecule has 4 nitrogen and oxygen atoms in total. The summed E-state index contributed by atoms with van der Waals surface area (Å²) in [4.78, 5) is 25.0. The van der Waals surface area contributed by atoms with E-state index in [2.05, 4.69) is 27.4 Å². The maximum absolute atomic E-state index is 13.1. The van der Waals surface area contributed by atoms with E-state index < -0.39 is 23.0 Å². The maximum Gasteiger partial charge on any atom is 0.302 e. The molecule has 0 aromatic heterocycles. The average Bonchev–Trinajstić information content (AvgIpc) is 2.94. The van der Waals surface area contributed by atoms with Crippen LogP contribution in [-0.4, -0.2) is 29.1 Å². The van der Waals surface area contributed by atoms with Crippen LogP contribution in [-0.2, 0) is 14.3 Å². The molecule has 0 spiro atoms. The molecule has 146 valence electrons. The van der Waals surface area contributed by atoms with E-state index in [1.54, 1.807) is 0 Å². The lowest BCUT2D eigenvalue weighted by atomic mass is 9.44. The molecule has 3 fully saturated rings. The van der Waals surface area contributed by atoms with Gasteiger partial charge in [-0.1, -0.05) is 33.8 Å². The van der Waals surface area contributed by atoms with Crippen LogP contribution in [0.25, 0.3) is 0 Å². The van der Waals surface area contributed by atoms with Crippen LogP contribution in [0.3, 0.4) is 0 Å². The number of hydrogen-bond acceptors (Lipinski definition) is 4. The zero-order valence-electron chi connectivity index (χ0n) is 16.9. The maximum atomic E-state index is 13.1. The Labute approximate surface area is 157 Å². The molecular formula is C22H34O4. The van der Waals surface area contributed by atoms with Crippen molar-refractivity contribution in [3.8, 4) is 0 Å². The molecule has 2 unspecified atom stereocenters. The highest BCUT2D eigenvalue weighted by molar-refractivity contribution is 5.85. The van der Waals surface area contributed by atoms with Gasteiger partial charge in [-0.25, -0.2) is 0 Å². The lowest BCUT2D eigenvalue weighted by Gasteiger charge is -2.61. The summed E-state index contributed by atoms with van der Waals surface area (Å²) in [5, 5.41) is 11.3. The summed E-state index contributed by atoms with van der Waals surface area (Å²) in [6, 6.07) is 0. The van der Waals surface area contributed by atoms with Gasteiger partial charge in [-0.2, -0.15) is 0 Å². The van der Waals surface area contributed by atoms with Crippen molar-refractivity contribution in [2.24, 2.45) is 34.0 Å². The number of carbonyl (C=O) groups is 2. The lowest BCUT2D eigenvalue weighted by Crippen LogP contribution is -2.63. The summed E-state index contributed by atoms with van der Waals surface area (Å²) >= 11 is 0. The largest absolute Gasteiger partial charge is 0.462 e. The Morgan fingerprint density at radius 1 is 1.31 bits per heavy atom. The molecule has 26 heavy (non-hydrogen) atoms. The van der Waals surface area contributed by atoms with Gasteiger partial charge in [0.05, 0.1) is 6.10 Å². The molecule has 3 rings (SSSR count). The number of carbonyl (C=O) groups excluding carboxylic acids is 2. The average molecular weight is 363 g/mol. The van der Waals surface area contributed by atoms with Crippen molar-refractivity contribution >= 4 is 11.8 Å². The van der Waals surface area contributed by atoms with Gasteiger partial charge in [0.25, 0.3) is 0 Å². The smallest absolute Gasteiger partial charge is 0.302 e. The molecule has 0 aromatic rings. The Bertz CT molecular complexity index is 628. The van der Waals surface area contributed by atoms with Gasteiger partial charge in [-0.15, -0.1) is 6.58 Å². The molecule has 4 heteroatoms. The molecule has 0 saturated heterocycles. The monoisotopic (exact) mass is 362 g/mol. The van der Waals surface area contributed by atoms with E-state index in [1.165, 1.54) is 6.92 Å². The molecule has 0 amide bonds. The highest BCUT2D eigenvalue weighted by atomic mass is 16.5. The second kappa shape index (κ2) is 6.19. The highest BCUT2D eigenvalue weighted by Crippen LogP contribution is 2.67. The number of aliphatic hydroxyl groups is 1. The predicted octanol–water partition coefficient (Wildman–Crippen LogP) is 3.91. The zero-order chi connectivity index (χ0) is 19.5. The minimum atomic E-state index is -0.607. The molecule has 1 N–H and O–H groups in total. The SMILES string of the molecule is C=C[C@]1(C)C[C@@H](OC(C)=O)[C@@]2(C)C3C(=O)CCC3(CC[C@H]2C)[C@@H](C)[C@@H]1O. The number of esters is 1. The van der Waals surface area contributed by atoms with Crippen LogP contribution in [0.2, 0.25) is 0 Å². The van der Waals surface area contributed by atoms with E-state index in [-0.39, 0.29) is 34.9 Å². The summed E-state index contributed by atoms with van der Waals surface area (Å²) in [5.41, 5.74) is -1.17. The normalized spacial score (nSPS) is 51.2.